The minimum absolute atomic E-state index is 0.240. The fraction of sp³-hybridized carbons (Fsp3) is 0.381. The largest absolute Gasteiger partial charge is 0.462 e. The zero-order chi connectivity index (χ0) is 21.8. The van der Waals surface area contributed by atoms with E-state index in [1.165, 1.54) is 11.3 Å². The molecule has 1 aliphatic carbocycles. The molecule has 10 heteroatoms. The van der Waals surface area contributed by atoms with Crippen molar-refractivity contribution >= 4 is 40.0 Å². The summed E-state index contributed by atoms with van der Waals surface area (Å²) in [4.78, 5) is 30.6. The number of hydrogen-bond donors (Lipinski definition) is 1. The second-order valence-electron chi connectivity index (χ2n) is 7.00. The maximum atomic E-state index is 12.9. The zero-order valence-electron chi connectivity index (χ0n) is 17.2. The number of rotatable bonds is 7. The molecule has 1 aliphatic rings. The smallest absolute Gasteiger partial charge is 0.341 e. The highest BCUT2D eigenvalue weighted by molar-refractivity contribution is 8.00. The Morgan fingerprint density at radius 1 is 1.32 bits per heavy atom. The van der Waals surface area contributed by atoms with Crippen LogP contribution >= 0.6 is 23.1 Å². The van der Waals surface area contributed by atoms with Crippen LogP contribution < -0.4 is 5.32 Å². The standard InChI is InChI=1S/C21H22N4O4S2/c1-3-28-20(27)16-14-8-4-5-9-15(14)31-19(16)23-17(26)12(2)30-21-25-24-18(29-21)13-7-6-10-22-11-13/h6-7,10-12H,3-5,8-9H2,1-2H3,(H,23,26). The molecule has 0 spiro atoms. The lowest BCUT2D eigenvalue weighted by molar-refractivity contribution is -0.115. The predicted molar refractivity (Wildman–Crippen MR) is 118 cm³/mol. The van der Waals surface area contributed by atoms with Crippen LogP contribution in [0, 0.1) is 0 Å². The number of carbonyl (C=O) groups excluding carboxylic acids is 2. The fourth-order valence-corrected chi connectivity index (χ4v) is 5.32. The van der Waals surface area contributed by atoms with Crippen molar-refractivity contribution in [2.24, 2.45) is 0 Å². The van der Waals surface area contributed by atoms with Gasteiger partial charge in [-0.2, -0.15) is 0 Å². The number of aromatic nitrogens is 3. The van der Waals surface area contributed by atoms with Gasteiger partial charge >= 0.3 is 5.97 Å². The number of thiophene rings is 1. The van der Waals surface area contributed by atoms with E-state index in [0.29, 0.717) is 28.6 Å². The third kappa shape index (κ3) is 4.80. The number of anilines is 1. The van der Waals surface area contributed by atoms with Crippen LogP contribution in [0.2, 0.25) is 0 Å². The normalized spacial score (nSPS) is 14.0. The summed E-state index contributed by atoms with van der Waals surface area (Å²) in [7, 11) is 0. The highest BCUT2D eigenvalue weighted by Crippen LogP contribution is 2.39. The van der Waals surface area contributed by atoms with Crippen molar-refractivity contribution in [3.8, 4) is 11.5 Å². The molecular formula is C21H22N4O4S2. The number of amides is 1. The molecule has 0 saturated heterocycles. The van der Waals surface area contributed by atoms with Gasteiger partial charge in [0.2, 0.25) is 11.8 Å². The second-order valence-corrected chi connectivity index (χ2v) is 9.40. The fourth-order valence-electron chi connectivity index (χ4n) is 3.35. The van der Waals surface area contributed by atoms with E-state index in [9.17, 15) is 9.59 Å². The van der Waals surface area contributed by atoms with Gasteiger partial charge in [0.25, 0.3) is 5.22 Å². The van der Waals surface area contributed by atoms with E-state index in [-0.39, 0.29) is 17.1 Å². The van der Waals surface area contributed by atoms with E-state index in [1.54, 1.807) is 32.3 Å². The number of thioether (sulfide) groups is 1. The Kier molecular flexibility index (Phi) is 6.67. The Morgan fingerprint density at radius 2 is 2.16 bits per heavy atom. The average Bonchev–Trinajstić information content (AvgIpc) is 3.38. The number of hydrogen-bond acceptors (Lipinski definition) is 9. The van der Waals surface area contributed by atoms with Gasteiger partial charge < -0.3 is 14.5 Å². The van der Waals surface area contributed by atoms with E-state index in [0.717, 1.165) is 47.9 Å². The second kappa shape index (κ2) is 9.61. The van der Waals surface area contributed by atoms with Gasteiger partial charge in [-0.3, -0.25) is 9.78 Å². The molecule has 0 aromatic carbocycles. The molecule has 3 aromatic rings. The maximum absolute atomic E-state index is 12.9. The number of ether oxygens (including phenoxy) is 1. The third-order valence-electron chi connectivity index (χ3n) is 4.85. The van der Waals surface area contributed by atoms with Crippen LogP contribution in [0.5, 0.6) is 0 Å². The first-order valence-corrected chi connectivity index (χ1v) is 11.8. The molecule has 3 aromatic heterocycles. The maximum Gasteiger partial charge on any atom is 0.341 e. The van der Waals surface area contributed by atoms with Crippen molar-refractivity contribution in [1.29, 1.82) is 0 Å². The van der Waals surface area contributed by atoms with Crippen LogP contribution in [0.1, 0.15) is 47.5 Å². The zero-order valence-corrected chi connectivity index (χ0v) is 18.8. The Hall–Kier alpha value is -2.72. The minimum atomic E-state index is -0.503. The van der Waals surface area contributed by atoms with Crippen molar-refractivity contribution in [3.63, 3.8) is 0 Å². The highest BCUT2D eigenvalue weighted by Gasteiger charge is 2.28. The van der Waals surface area contributed by atoms with Gasteiger partial charge in [-0.15, -0.1) is 21.5 Å². The van der Waals surface area contributed by atoms with Crippen LogP contribution in [0.25, 0.3) is 11.5 Å². The van der Waals surface area contributed by atoms with E-state index in [1.807, 2.05) is 6.07 Å². The summed E-state index contributed by atoms with van der Waals surface area (Å²) in [6.45, 7) is 3.82. The number of nitrogens with one attached hydrogen (secondary N) is 1. The van der Waals surface area contributed by atoms with Gasteiger partial charge in [0, 0.05) is 17.3 Å². The quantitative estimate of drug-likeness (QED) is 0.411. The molecule has 8 nitrogen and oxygen atoms in total. The SMILES string of the molecule is CCOC(=O)c1c(NC(=O)C(C)Sc2nnc(-c3cccnc3)o2)sc2c1CCCC2. The third-order valence-corrected chi connectivity index (χ3v) is 6.99. The first-order valence-electron chi connectivity index (χ1n) is 10.1. The first-order chi connectivity index (χ1) is 15.1. The molecule has 31 heavy (non-hydrogen) atoms. The average molecular weight is 459 g/mol. The lowest BCUT2D eigenvalue weighted by Crippen LogP contribution is -2.23. The van der Waals surface area contributed by atoms with Crippen molar-refractivity contribution in [2.45, 2.75) is 50.0 Å². The van der Waals surface area contributed by atoms with Crippen molar-refractivity contribution in [2.75, 3.05) is 11.9 Å². The van der Waals surface area contributed by atoms with Crippen LogP contribution in [-0.4, -0.2) is 38.9 Å². The topological polar surface area (TPSA) is 107 Å². The lowest BCUT2D eigenvalue weighted by Gasteiger charge is -2.13. The number of carbonyl (C=O) groups is 2. The molecule has 1 amide bonds. The number of pyridine rings is 1. The molecule has 0 saturated carbocycles. The van der Waals surface area contributed by atoms with Gasteiger partial charge in [-0.25, -0.2) is 4.79 Å². The Bertz CT molecular complexity index is 1080. The molecule has 1 unspecified atom stereocenters. The van der Waals surface area contributed by atoms with Crippen molar-refractivity contribution in [3.05, 3.63) is 40.5 Å². The lowest BCUT2D eigenvalue weighted by atomic mass is 9.95. The van der Waals surface area contributed by atoms with E-state index >= 15 is 0 Å². The summed E-state index contributed by atoms with van der Waals surface area (Å²) in [5, 5.41) is 11.3. The van der Waals surface area contributed by atoms with Gasteiger partial charge in [0.15, 0.2) is 0 Å². The molecule has 4 rings (SSSR count). The molecule has 1 N–H and O–H groups in total. The van der Waals surface area contributed by atoms with E-state index in [2.05, 4.69) is 20.5 Å². The van der Waals surface area contributed by atoms with Gasteiger partial charge in [0.05, 0.1) is 23.0 Å². The predicted octanol–water partition coefficient (Wildman–Crippen LogP) is 4.37. The summed E-state index contributed by atoms with van der Waals surface area (Å²) in [6.07, 6.45) is 7.17. The Labute approximate surface area is 187 Å². The van der Waals surface area contributed by atoms with Crippen LogP contribution in [-0.2, 0) is 22.4 Å². The summed E-state index contributed by atoms with van der Waals surface area (Å²) in [5.41, 5.74) is 2.23. The molecule has 0 radical (unpaired) electrons. The highest BCUT2D eigenvalue weighted by atomic mass is 32.2. The summed E-state index contributed by atoms with van der Waals surface area (Å²) < 4.78 is 10.9. The van der Waals surface area contributed by atoms with Gasteiger partial charge in [0.1, 0.15) is 5.00 Å². The molecule has 162 valence electrons. The molecule has 0 aliphatic heterocycles. The molecular weight excluding hydrogens is 436 g/mol. The molecule has 1 atom stereocenters. The molecule has 0 bridgehead atoms. The van der Waals surface area contributed by atoms with Crippen molar-refractivity contribution < 1.29 is 18.7 Å². The first kappa shape index (κ1) is 21.5. The monoisotopic (exact) mass is 458 g/mol. The van der Waals surface area contributed by atoms with E-state index in [4.69, 9.17) is 9.15 Å². The Balaban J connectivity index is 1.47. The van der Waals surface area contributed by atoms with Gasteiger partial charge in [-0.05, 0) is 57.2 Å². The van der Waals surface area contributed by atoms with Crippen LogP contribution in [0.3, 0.4) is 0 Å². The van der Waals surface area contributed by atoms with E-state index < -0.39 is 5.25 Å². The minimum Gasteiger partial charge on any atom is -0.462 e. The molecule has 3 heterocycles. The number of fused-ring (bicyclic) bond motifs is 1. The van der Waals surface area contributed by atoms with Gasteiger partial charge in [-0.1, -0.05) is 11.8 Å². The number of esters is 1. The molecule has 0 fully saturated rings. The Morgan fingerprint density at radius 3 is 2.94 bits per heavy atom. The summed E-state index contributed by atoms with van der Waals surface area (Å²) in [5.74, 6) is -0.274. The number of nitrogens with zero attached hydrogens (tertiary/aromatic N) is 3. The summed E-state index contributed by atoms with van der Waals surface area (Å²) >= 11 is 2.63. The van der Waals surface area contributed by atoms with Crippen LogP contribution in [0.15, 0.2) is 34.2 Å². The van der Waals surface area contributed by atoms with Crippen molar-refractivity contribution in [1.82, 2.24) is 15.2 Å². The summed E-state index contributed by atoms with van der Waals surface area (Å²) in [6, 6.07) is 3.60. The number of aryl methyl sites for hydroxylation is 1. The van der Waals surface area contributed by atoms with Crippen LogP contribution in [0.4, 0.5) is 5.00 Å².